The zero-order chi connectivity index (χ0) is 17.7. The Morgan fingerprint density at radius 1 is 1.00 bits per heavy atom. The third-order valence-corrected chi connectivity index (χ3v) is 3.42. The van der Waals surface area contributed by atoms with Gasteiger partial charge in [0.05, 0.1) is 0 Å². The largest absolute Gasteiger partial charge is 0.482 e. The van der Waals surface area contributed by atoms with Gasteiger partial charge in [-0.2, -0.15) is 0 Å². The summed E-state index contributed by atoms with van der Waals surface area (Å²) in [7, 11) is 0. The molecule has 1 N–H and O–H groups in total. The van der Waals surface area contributed by atoms with Crippen molar-refractivity contribution in [3.63, 3.8) is 0 Å². The summed E-state index contributed by atoms with van der Waals surface area (Å²) >= 11 is 0. The normalized spacial score (nSPS) is 11.0. The second-order valence-electron chi connectivity index (χ2n) is 6.34. The van der Waals surface area contributed by atoms with Crippen molar-refractivity contribution < 1.29 is 24.2 Å². The van der Waals surface area contributed by atoms with Crippen LogP contribution in [0, 0.1) is 0 Å². The van der Waals surface area contributed by atoms with E-state index in [0.717, 1.165) is 5.56 Å². The van der Waals surface area contributed by atoms with Crippen molar-refractivity contribution in [2.45, 2.75) is 26.2 Å². The average molecular weight is 328 g/mol. The minimum Gasteiger partial charge on any atom is -0.482 e. The molecule has 2 aromatic rings. The maximum atomic E-state index is 11.8. The van der Waals surface area contributed by atoms with Crippen LogP contribution in [0.2, 0.25) is 0 Å². The number of esters is 1. The smallest absolute Gasteiger partial charge is 0.349 e. The van der Waals surface area contributed by atoms with Crippen molar-refractivity contribution in [2.75, 3.05) is 6.61 Å². The molecule has 0 saturated carbocycles. The van der Waals surface area contributed by atoms with Crippen LogP contribution in [-0.2, 0) is 10.2 Å². The summed E-state index contributed by atoms with van der Waals surface area (Å²) in [5, 5.41) is 9.06. The Morgan fingerprint density at radius 2 is 1.62 bits per heavy atom. The monoisotopic (exact) mass is 328 g/mol. The van der Waals surface area contributed by atoms with Crippen molar-refractivity contribution in [1.82, 2.24) is 0 Å². The first-order chi connectivity index (χ1) is 11.3. The number of rotatable bonds is 5. The Morgan fingerprint density at radius 3 is 2.21 bits per heavy atom. The van der Waals surface area contributed by atoms with E-state index in [1.807, 2.05) is 12.1 Å². The molecule has 2 rings (SSSR count). The van der Waals surface area contributed by atoms with Gasteiger partial charge in [-0.3, -0.25) is 0 Å². The molecule has 0 aliphatic carbocycles. The predicted octanol–water partition coefficient (Wildman–Crippen LogP) is 3.67. The fourth-order valence-corrected chi connectivity index (χ4v) is 2.08. The van der Waals surface area contributed by atoms with Gasteiger partial charge in [0.25, 0.3) is 0 Å². The van der Waals surface area contributed by atoms with Crippen LogP contribution in [0.25, 0.3) is 0 Å². The van der Waals surface area contributed by atoms with Gasteiger partial charge < -0.3 is 14.6 Å². The highest BCUT2D eigenvalue weighted by Gasteiger charge is 2.15. The average Bonchev–Trinajstić information content (AvgIpc) is 2.53. The third-order valence-electron chi connectivity index (χ3n) is 3.42. The molecule has 0 fully saturated rings. The van der Waals surface area contributed by atoms with Gasteiger partial charge in [0, 0.05) is 0 Å². The minimum absolute atomic E-state index is 0.00156. The molecular formula is C19H20O5. The van der Waals surface area contributed by atoms with Crippen LogP contribution in [-0.4, -0.2) is 23.7 Å². The van der Waals surface area contributed by atoms with E-state index in [9.17, 15) is 9.59 Å². The van der Waals surface area contributed by atoms with E-state index >= 15 is 0 Å². The molecule has 126 valence electrons. The van der Waals surface area contributed by atoms with E-state index in [4.69, 9.17) is 14.6 Å². The molecule has 0 heterocycles. The summed E-state index contributed by atoms with van der Waals surface area (Å²) in [6.45, 7) is 6.03. The number of aromatic carboxylic acids is 1. The van der Waals surface area contributed by atoms with Crippen LogP contribution in [0.15, 0.2) is 48.5 Å². The number of carboxylic acid groups (broad SMARTS) is 1. The Balaban J connectivity index is 1.96. The highest BCUT2D eigenvalue weighted by atomic mass is 16.6. The lowest BCUT2D eigenvalue weighted by Gasteiger charge is -2.19. The second-order valence-corrected chi connectivity index (χ2v) is 6.34. The molecule has 0 radical (unpaired) electrons. The third kappa shape index (κ3) is 4.59. The fraction of sp³-hybridized carbons (Fsp3) is 0.263. The molecule has 5 nitrogen and oxygen atoms in total. The summed E-state index contributed by atoms with van der Waals surface area (Å²) in [6.07, 6.45) is 0. The van der Waals surface area contributed by atoms with Gasteiger partial charge in [-0.15, -0.1) is 0 Å². The first kappa shape index (κ1) is 17.5. The lowest BCUT2D eigenvalue weighted by Crippen LogP contribution is -2.19. The van der Waals surface area contributed by atoms with Crippen LogP contribution >= 0.6 is 0 Å². The maximum absolute atomic E-state index is 11.8. The van der Waals surface area contributed by atoms with Crippen LogP contribution < -0.4 is 9.47 Å². The molecule has 0 spiro atoms. The number of hydrogen-bond donors (Lipinski definition) is 1. The molecular weight excluding hydrogens is 308 g/mol. The standard InChI is InChI=1S/C19H20O5/c1-19(2,3)13-8-10-14(11-9-13)23-12-17(20)24-16-7-5-4-6-15(16)18(21)22/h4-11H,12H2,1-3H3,(H,21,22). The first-order valence-electron chi connectivity index (χ1n) is 7.54. The molecule has 0 aliphatic heterocycles. The molecule has 0 atom stereocenters. The molecule has 0 saturated heterocycles. The number of carbonyl (C=O) groups excluding carboxylic acids is 1. The number of carbonyl (C=O) groups is 2. The molecule has 0 amide bonds. The van der Waals surface area contributed by atoms with E-state index in [0.29, 0.717) is 5.75 Å². The van der Waals surface area contributed by atoms with Gasteiger partial charge in [-0.1, -0.05) is 45.0 Å². The molecule has 0 aromatic heterocycles. The number of benzene rings is 2. The summed E-state index contributed by atoms with van der Waals surface area (Å²) in [4.78, 5) is 22.9. The van der Waals surface area contributed by atoms with Crippen LogP contribution in [0.1, 0.15) is 36.7 Å². The quantitative estimate of drug-likeness (QED) is 0.670. The number of carboxylic acids is 1. The molecule has 0 bridgehead atoms. The highest BCUT2D eigenvalue weighted by molar-refractivity contribution is 5.92. The zero-order valence-electron chi connectivity index (χ0n) is 13.9. The molecule has 24 heavy (non-hydrogen) atoms. The zero-order valence-corrected chi connectivity index (χ0v) is 13.9. The molecule has 5 heteroatoms. The van der Waals surface area contributed by atoms with Crippen LogP contribution in [0.4, 0.5) is 0 Å². The maximum Gasteiger partial charge on any atom is 0.349 e. The lowest BCUT2D eigenvalue weighted by molar-refractivity contribution is -0.136. The van der Waals surface area contributed by atoms with Gasteiger partial charge in [0.15, 0.2) is 6.61 Å². The van der Waals surface area contributed by atoms with Gasteiger partial charge in [0.1, 0.15) is 17.1 Å². The van der Waals surface area contributed by atoms with Crippen molar-refractivity contribution >= 4 is 11.9 Å². The van der Waals surface area contributed by atoms with E-state index in [1.165, 1.54) is 12.1 Å². The Labute approximate surface area is 140 Å². The fourth-order valence-electron chi connectivity index (χ4n) is 2.08. The van der Waals surface area contributed by atoms with Crippen molar-refractivity contribution in [1.29, 1.82) is 0 Å². The van der Waals surface area contributed by atoms with Crippen LogP contribution in [0.5, 0.6) is 11.5 Å². The first-order valence-corrected chi connectivity index (χ1v) is 7.54. The number of para-hydroxylation sites is 1. The minimum atomic E-state index is -1.16. The molecule has 0 unspecified atom stereocenters. The van der Waals surface area contributed by atoms with E-state index in [2.05, 4.69) is 20.8 Å². The number of hydrogen-bond acceptors (Lipinski definition) is 4. The van der Waals surface area contributed by atoms with Crippen LogP contribution in [0.3, 0.4) is 0 Å². The lowest BCUT2D eigenvalue weighted by atomic mass is 9.87. The van der Waals surface area contributed by atoms with Crippen molar-refractivity contribution in [3.05, 3.63) is 59.7 Å². The van der Waals surface area contributed by atoms with Gasteiger partial charge in [-0.05, 0) is 35.2 Å². The Bertz CT molecular complexity index is 726. The Hall–Kier alpha value is -2.82. The van der Waals surface area contributed by atoms with Gasteiger partial charge in [0.2, 0.25) is 0 Å². The summed E-state index contributed by atoms with van der Waals surface area (Å²) < 4.78 is 10.4. The summed E-state index contributed by atoms with van der Waals surface area (Å²) in [5.41, 5.74) is 1.13. The Kier molecular flexibility index (Phi) is 5.24. The molecule has 0 aliphatic rings. The summed E-state index contributed by atoms with van der Waals surface area (Å²) in [6, 6.07) is 13.4. The van der Waals surface area contributed by atoms with E-state index in [-0.39, 0.29) is 23.3 Å². The van der Waals surface area contributed by atoms with Gasteiger partial charge in [-0.25, -0.2) is 9.59 Å². The second kappa shape index (κ2) is 7.17. The summed E-state index contributed by atoms with van der Waals surface area (Å²) in [5.74, 6) is -1.27. The predicted molar refractivity (Wildman–Crippen MR) is 89.7 cm³/mol. The van der Waals surface area contributed by atoms with E-state index in [1.54, 1.807) is 24.3 Å². The van der Waals surface area contributed by atoms with Gasteiger partial charge >= 0.3 is 11.9 Å². The SMILES string of the molecule is CC(C)(C)c1ccc(OCC(=O)Oc2ccccc2C(=O)O)cc1. The highest BCUT2D eigenvalue weighted by Crippen LogP contribution is 2.24. The van der Waals surface area contributed by atoms with E-state index < -0.39 is 11.9 Å². The topological polar surface area (TPSA) is 72.8 Å². The van der Waals surface area contributed by atoms with Crippen molar-refractivity contribution in [3.8, 4) is 11.5 Å². The van der Waals surface area contributed by atoms with Crippen molar-refractivity contribution in [2.24, 2.45) is 0 Å². The number of ether oxygens (including phenoxy) is 2. The molecule has 2 aromatic carbocycles.